The number of hydrogen-bond donors (Lipinski definition) is 2. The minimum Gasteiger partial charge on any atom is -0.439 e. The largest absolute Gasteiger partial charge is 0.439 e. The molecule has 1 aromatic carbocycles. The average Bonchev–Trinajstić information content (AvgIpc) is 2.67. The number of nitrogens with zero attached hydrogens (tertiary/aromatic N) is 1. The molecule has 2 aromatic rings. The second-order valence-electron chi connectivity index (χ2n) is 7.44. The normalized spacial score (nSPS) is 23.3. The third-order valence-corrected chi connectivity index (χ3v) is 5.45. The van der Waals surface area contributed by atoms with Crippen molar-refractivity contribution in [3.63, 3.8) is 0 Å². The minimum atomic E-state index is -0.920. The van der Waals surface area contributed by atoms with Crippen LogP contribution in [-0.4, -0.2) is 29.1 Å². The van der Waals surface area contributed by atoms with Gasteiger partial charge in [0.25, 0.3) is 0 Å². The SMILES string of the molecule is CCOC1CC(N)(C(=O)NCc2ccc(Oc3ccccc3)nc2)C1(C)C. The van der Waals surface area contributed by atoms with E-state index in [-0.39, 0.29) is 12.0 Å². The summed E-state index contributed by atoms with van der Waals surface area (Å²) in [6, 6.07) is 13.1. The van der Waals surface area contributed by atoms with Gasteiger partial charge >= 0.3 is 0 Å². The number of ether oxygens (including phenoxy) is 2. The third kappa shape index (κ3) is 3.82. The fourth-order valence-corrected chi connectivity index (χ4v) is 3.35. The van der Waals surface area contributed by atoms with Crippen LogP contribution in [0.25, 0.3) is 0 Å². The van der Waals surface area contributed by atoms with Crippen LogP contribution in [0.2, 0.25) is 0 Å². The zero-order valence-corrected chi connectivity index (χ0v) is 16.1. The first-order chi connectivity index (χ1) is 12.9. The summed E-state index contributed by atoms with van der Waals surface area (Å²) < 4.78 is 11.3. The van der Waals surface area contributed by atoms with E-state index >= 15 is 0 Å². The highest BCUT2D eigenvalue weighted by Gasteiger charge is 2.62. The maximum Gasteiger partial charge on any atom is 0.241 e. The van der Waals surface area contributed by atoms with Crippen LogP contribution in [0.4, 0.5) is 0 Å². The molecule has 3 rings (SSSR count). The summed E-state index contributed by atoms with van der Waals surface area (Å²) in [5.41, 5.74) is 5.95. The molecule has 3 N–H and O–H groups in total. The number of carbonyl (C=O) groups excluding carboxylic acids is 1. The lowest BCUT2D eigenvalue weighted by molar-refractivity contribution is -0.170. The summed E-state index contributed by atoms with van der Waals surface area (Å²) >= 11 is 0. The lowest BCUT2D eigenvalue weighted by Gasteiger charge is -2.57. The summed E-state index contributed by atoms with van der Waals surface area (Å²) in [6.07, 6.45) is 2.23. The molecule has 0 radical (unpaired) electrons. The first-order valence-electron chi connectivity index (χ1n) is 9.23. The Labute approximate surface area is 160 Å². The number of pyridine rings is 1. The van der Waals surface area contributed by atoms with E-state index in [0.717, 1.165) is 11.3 Å². The second-order valence-corrected chi connectivity index (χ2v) is 7.44. The molecule has 1 fully saturated rings. The molecule has 1 heterocycles. The zero-order chi connectivity index (χ0) is 19.5. The number of aromatic nitrogens is 1. The van der Waals surface area contributed by atoms with Crippen LogP contribution in [0, 0.1) is 5.41 Å². The van der Waals surface area contributed by atoms with Crippen molar-refractivity contribution < 1.29 is 14.3 Å². The highest BCUT2D eigenvalue weighted by atomic mass is 16.5. The van der Waals surface area contributed by atoms with Crippen molar-refractivity contribution in [2.24, 2.45) is 11.1 Å². The van der Waals surface area contributed by atoms with Gasteiger partial charge in [-0.3, -0.25) is 4.79 Å². The van der Waals surface area contributed by atoms with Gasteiger partial charge in [0, 0.05) is 37.3 Å². The van der Waals surface area contributed by atoms with Crippen LogP contribution in [0.1, 0.15) is 32.8 Å². The van der Waals surface area contributed by atoms with E-state index in [0.29, 0.717) is 25.5 Å². The molecule has 1 aromatic heterocycles. The molecule has 144 valence electrons. The molecular formula is C21H27N3O3. The van der Waals surface area contributed by atoms with Gasteiger partial charge in [-0.05, 0) is 24.6 Å². The van der Waals surface area contributed by atoms with Crippen molar-refractivity contribution in [3.8, 4) is 11.6 Å². The Balaban J connectivity index is 1.55. The molecule has 0 bridgehead atoms. The van der Waals surface area contributed by atoms with Crippen LogP contribution in [0.15, 0.2) is 48.7 Å². The van der Waals surface area contributed by atoms with Crippen LogP contribution in [-0.2, 0) is 16.1 Å². The summed E-state index contributed by atoms with van der Waals surface area (Å²) in [6.45, 7) is 6.90. The van der Waals surface area contributed by atoms with Gasteiger partial charge in [0.2, 0.25) is 11.8 Å². The monoisotopic (exact) mass is 369 g/mol. The highest BCUT2D eigenvalue weighted by molar-refractivity contribution is 5.88. The quantitative estimate of drug-likeness (QED) is 0.783. The van der Waals surface area contributed by atoms with E-state index in [1.165, 1.54) is 0 Å². The molecule has 2 unspecified atom stereocenters. The van der Waals surface area contributed by atoms with E-state index in [2.05, 4.69) is 10.3 Å². The van der Waals surface area contributed by atoms with Crippen molar-refractivity contribution in [1.82, 2.24) is 10.3 Å². The van der Waals surface area contributed by atoms with Crippen molar-refractivity contribution in [3.05, 3.63) is 54.2 Å². The molecule has 2 atom stereocenters. The molecule has 1 amide bonds. The van der Waals surface area contributed by atoms with Crippen LogP contribution in [0.3, 0.4) is 0 Å². The molecular weight excluding hydrogens is 342 g/mol. The maximum absolute atomic E-state index is 12.7. The summed E-state index contributed by atoms with van der Waals surface area (Å²) in [5, 5.41) is 2.93. The molecule has 0 spiro atoms. The van der Waals surface area contributed by atoms with Gasteiger partial charge in [-0.25, -0.2) is 4.98 Å². The number of nitrogens with two attached hydrogens (primary N) is 1. The molecule has 1 aliphatic rings. The standard InChI is InChI=1S/C21H27N3O3/c1-4-26-17-12-21(22,20(17,2)3)19(25)24-14-15-10-11-18(23-13-15)27-16-8-6-5-7-9-16/h5-11,13,17H,4,12,14,22H2,1-3H3,(H,24,25). The molecule has 1 aliphatic carbocycles. The van der Waals surface area contributed by atoms with Crippen molar-refractivity contribution in [2.45, 2.75) is 45.4 Å². The Bertz CT molecular complexity index is 777. The first-order valence-corrected chi connectivity index (χ1v) is 9.23. The van der Waals surface area contributed by atoms with E-state index in [1.807, 2.05) is 57.2 Å². The van der Waals surface area contributed by atoms with Crippen molar-refractivity contribution in [2.75, 3.05) is 6.61 Å². The number of benzene rings is 1. The van der Waals surface area contributed by atoms with Crippen LogP contribution in [0.5, 0.6) is 11.6 Å². The van der Waals surface area contributed by atoms with Gasteiger partial charge in [0.1, 0.15) is 11.3 Å². The Morgan fingerprint density at radius 2 is 2.00 bits per heavy atom. The van der Waals surface area contributed by atoms with E-state index < -0.39 is 11.0 Å². The van der Waals surface area contributed by atoms with Crippen molar-refractivity contribution >= 4 is 5.91 Å². The fourth-order valence-electron chi connectivity index (χ4n) is 3.35. The Hall–Kier alpha value is -2.44. The summed E-state index contributed by atoms with van der Waals surface area (Å²) in [4.78, 5) is 16.9. The lowest BCUT2D eigenvalue weighted by Crippen LogP contribution is -2.75. The third-order valence-electron chi connectivity index (χ3n) is 5.45. The first kappa shape index (κ1) is 19.3. The Morgan fingerprint density at radius 1 is 1.26 bits per heavy atom. The number of carbonyl (C=O) groups is 1. The number of amides is 1. The average molecular weight is 369 g/mol. The number of rotatable bonds is 7. The van der Waals surface area contributed by atoms with Gasteiger partial charge in [0.05, 0.1) is 6.10 Å². The predicted molar refractivity (Wildman–Crippen MR) is 103 cm³/mol. The predicted octanol–water partition coefficient (Wildman–Crippen LogP) is 3.02. The van der Waals surface area contributed by atoms with E-state index in [1.54, 1.807) is 12.3 Å². The van der Waals surface area contributed by atoms with Crippen LogP contribution >= 0.6 is 0 Å². The maximum atomic E-state index is 12.7. The number of para-hydroxylation sites is 1. The van der Waals surface area contributed by atoms with Gasteiger partial charge < -0.3 is 20.5 Å². The highest BCUT2D eigenvalue weighted by Crippen LogP contribution is 2.49. The lowest BCUT2D eigenvalue weighted by atomic mass is 9.54. The van der Waals surface area contributed by atoms with Gasteiger partial charge in [-0.2, -0.15) is 0 Å². The number of hydrogen-bond acceptors (Lipinski definition) is 5. The van der Waals surface area contributed by atoms with Gasteiger partial charge in [-0.1, -0.05) is 38.1 Å². The minimum absolute atomic E-state index is 0.00864. The van der Waals surface area contributed by atoms with Crippen LogP contribution < -0.4 is 15.8 Å². The zero-order valence-electron chi connectivity index (χ0n) is 16.1. The Morgan fingerprint density at radius 3 is 2.59 bits per heavy atom. The molecule has 6 heteroatoms. The Kier molecular flexibility index (Phi) is 5.48. The van der Waals surface area contributed by atoms with Gasteiger partial charge in [-0.15, -0.1) is 0 Å². The summed E-state index contributed by atoms with van der Waals surface area (Å²) in [7, 11) is 0. The van der Waals surface area contributed by atoms with E-state index in [4.69, 9.17) is 15.2 Å². The molecule has 0 saturated heterocycles. The molecule has 6 nitrogen and oxygen atoms in total. The second kappa shape index (κ2) is 7.66. The van der Waals surface area contributed by atoms with Gasteiger partial charge in [0.15, 0.2) is 0 Å². The molecule has 1 saturated carbocycles. The fraction of sp³-hybridized carbons (Fsp3) is 0.429. The number of nitrogens with one attached hydrogen (secondary N) is 1. The molecule has 0 aliphatic heterocycles. The topological polar surface area (TPSA) is 86.5 Å². The smallest absolute Gasteiger partial charge is 0.241 e. The molecule has 27 heavy (non-hydrogen) atoms. The van der Waals surface area contributed by atoms with Crippen molar-refractivity contribution in [1.29, 1.82) is 0 Å². The summed E-state index contributed by atoms with van der Waals surface area (Å²) in [5.74, 6) is 1.08. The van der Waals surface area contributed by atoms with E-state index in [9.17, 15) is 4.79 Å².